The van der Waals surface area contributed by atoms with E-state index in [1.54, 1.807) is 0 Å². The lowest BCUT2D eigenvalue weighted by molar-refractivity contribution is -0.187. The van der Waals surface area contributed by atoms with Crippen LogP contribution in [-0.4, -0.2) is 107 Å². The molecule has 0 aliphatic rings. The van der Waals surface area contributed by atoms with Gasteiger partial charge in [-0.25, -0.2) is 0 Å². The molecule has 36 heavy (non-hydrogen) atoms. The highest BCUT2D eigenvalue weighted by Crippen LogP contribution is 2.22. The zero-order chi connectivity index (χ0) is 27.2. The Morgan fingerprint density at radius 3 is 2.06 bits per heavy atom. The van der Waals surface area contributed by atoms with E-state index in [-0.39, 0.29) is 62.7 Å². The van der Waals surface area contributed by atoms with E-state index in [1.165, 1.54) is 0 Å². The normalized spacial score (nSPS) is 13.2. The molecule has 0 aromatic heterocycles. The third kappa shape index (κ3) is 22.6. The van der Waals surface area contributed by atoms with Crippen LogP contribution in [0, 0.1) is 5.41 Å². The maximum Gasteiger partial charge on any atom is 0.305 e. The van der Waals surface area contributed by atoms with Crippen LogP contribution >= 0.6 is 0 Å². The lowest BCUT2D eigenvalue weighted by atomic mass is 9.89. The summed E-state index contributed by atoms with van der Waals surface area (Å²) in [7, 11) is 1.85. The molecule has 0 spiro atoms. The molecule has 2 amide bonds. The fraction of sp³-hybridized carbons (Fsp3) is 0.875. The van der Waals surface area contributed by atoms with Crippen molar-refractivity contribution in [3.05, 3.63) is 0 Å². The van der Waals surface area contributed by atoms with E-state index in [2.05, 4.69) is 16.0 Å². The molecular formula is C24H47N3O9. The Bertz CT molecular complexity index is 600. The third-order valence-electron chi connectivity index (χ3n) is 4.68. The number of amides is 2. The summed E-state index contributed by atoms with van der Waals surface area (Å²) in [5.74, 6) is -0.964. The quantitative estimate of drug-likeness (QED) is 0.0726. The predicted molar refractivity (Wildman–Crippen MR) is 133 cm³/mol. The largest absolute Gasteiger partial charge is 0.460 e. The highest BCUT2D eigenvalue weighted by atomic mass is 16.6. The standard InChI is InChI=1S/C24H47N3O9/c1-24(2,3)16-19(17-28)36-23(32)18-35-22(31)7-5-6-20(29)26-9-10-27-21(30)8-12-33-14-15-34-13-11-25-4/h19,23,25,28,32H,5-18H2,1-4H3,(H,26,29)(H,27,30). The second-order valence-electron chi connectivity index (χ2n) is 9.47. The second kappa shape index (κ2) is 21.3. The van der Waals surface area contributed by atoms with Gasteiger partial charge in [0.1, 0.15) is 6.61 Å². The van der Waals surface area contributed by atoms with Crippen molar-refractivity contribution in [2.24, 2.45) is 5.41 Å². The fourth-order valence-corrected chi connectivity index (χ4v) is 2.97. The van der Waals surface area contributed by atoms with E-state index in [1.807, 2.05) is 27.8 Å². The Morgan fingerprint density at radius 1 is 0.861 bits per heavy atom. The van der Waals surface area contributed by atoms with Crippen LogP contribution < -0.4 is 16.0 Å². The molecule has 0 rings (SSSR count). The number of ether oxygens (including phenoxy) is 4. The topological polar surface area (TPSA) is 165 Å². The molecule has 0 aromatic rings. The van der Waals surface area contributed by atoms with Crippen molar-refractivity contribution in [2.45, 2.75) is 65.3 Å². The van der Waals surface area contributed by atoms with Crippen molar-refractivity contribution < 1.29 is 43.5 Å². The molecule has 0 saturated carbocycles. The van der Waals surface area contributed by atoms with Gasteiger partial charge in [0.05, 0.1) is 39.1 Å². The van der Waals surface area contributed by atoms with Gasteiger partial charge in [0.25, 0.3) is 0 Å². The molecule has 5 N–H and O–H groups in total. The van der Waals surface area contributed by atoms with E-state index in [9.17, 15) is 24.6 Å². The first kappa shape index (κ1) is 34.2. The highest BCUT2D eigenvalue weighted by molar-refractivity contribution is 5.77. The summed E-state index contributed by atoms with van der Waals surface area (Å²) >= 11 is 0. The maximum atomic E-state index is 11.8. The molecule has 0 saturated heterocycles. The first-order chi connectivity index (χ1) is 17.1. The summed E-state index contributed by atoms with van der Waals surface area (Å²) in [5.41, 5.74) is -0.0907. The van der Waals surface area contributed by atoms with Crippen LogP contribution in [-0.2, 0) is 33.3 Å². The zero-order valence-corrected chi connectivity index (χ0v) is 22.3. The monoisotopic (exact) mass is 521 g/mol. The number of carbonyl (C=O) groups excluding carboxylic acids is 3. The number of carbonyl (C=O) groups is 3. The van der Waals surface area contributed by atoms with Gasteiger partial charge in [-0.3, -0.25) is 14.4 Å². The Labute approximate surface area is 214 Å². The van der Waals surface area contributed by atoms with Gasteiger partial charge in [-0.2, -0.15) is 0 Å². The Kier molecular flexibility index (Phi) is 20.2. The maximum absolute atomic E-state index is 11.8. The number of rotatable bonds is 22. The average molecular weight is 522 g/mol. The van der Waals surface area contributed by atoms with Gasteiger partial charge in [0.15, 0.2) is 6.29 Å². The van der Waals surface area contributed by atoms with Crippen LogP contribution in [0.25, 0.3) is 0 Å². The summed E-state index contributed by atoms with van der Waals surface area (Å²) in [5, 5.41) is 27.5. The van der Waals surface area contributed by atoms with Gasteiger partial charge < -0.3 is 45.1 Å². The number of esters is 1. The van der Waals surface area contributed by atoms with E-state index in [4.69, 9.17) is 18.9 Å². The first-order valence-electron chi connectivity index (χ1n) is 12.5. The summed E-state index contributed by atoms with van der Waals surface area (Å²) in [6.07, 6.45) is -0.695. The SMILES string of the molecule is CNCCOCCOCCC(=O)NCCNC(=O)CCCC(=O)OCC(O)OC(CO)CC(C)(C)C. The number of hydrogen-bond donors (Lipinski definition) is 5. The van der Waals surface area contributed by atoms with Gasteiger partial charge in [-0.05, 0) is 25.3 Å². The van der Waals surface area contributed by atoms with E-state index < -0.39 is 18.4 Å². The molecule has 0 aromatic carbocycles. The van der Waals surface area contributed by atoms with Gasteiger partial charge in [0, 0.05) is 38.9 Å². The lowest BCUT2D eigenvalue weighted by Crippen LogP contribution is -2.35. The number of aliphatic hydroxyl groups is 2. The minimum Gasteiger partial charge on any atom is -0.460 e. The van der Waals surface area contributed by atoms with Crippen LogP contribution in [0.5, 0.6) is 0 Å². The summed E-state index contributed by atoms with van der Waals surface area (Å²) < 4.78 is 20.9. The average Bonchev–Trinajstić information content (AvgIpc) is 2.81. The lowest BCUT2D eigenvalue weighted by Gasteiger charge is -2.26. The van der Waals surface area contributed by atoms with Crippen molar-refractivity contribution >= 4 is 17.8 Å². The molecule has 2 unspecified atom stereocenters. The predicted octanol–water partition coefficient (Wildman–Crippen LogP) is -0.293. The minimum absolute atomic E-state index is 0.0167. The van der Waals surface area contributed by atoms with Crippen molar-refractivity contribution in [1.29, 1.82) is 0 Å². The molecule has 0 bridgehead atoms. The first-order valence-corrected chi connectivity index (χ1v) is 12.5. The summed E-state index contributed by atoms with van der Waals surface area (Å²) in [6, 6.07) is 0. The van der Waals surface area contributed by atoms with Gasteiger partial charge in [-0.1, -0.05) is 20.8 Å². The van der Waals surface area contributed by atoms with Gasteiger partial charge in [-0.15, -0.1) is 0 Å². The van der Waals surface area contributed by atoms with Crippen molar-refractivity contribution in [3.8, 4) is 0 Å². The molecule has 212 valence electrons. The highest BCUT2D eigenvalue weighted by Gasteiger charge is 2.22. The molecular weight excluding hydrogens is 474 g/mol. The number of hydrogen-bond acceptors (Lipinski definition) is 10. The molecule has 0 fully saturated rings. The molecule has 0 aliphatic carbocycles. The van der Waals surface area contributed by atoms with Crippen LogP contribution in [0.2, 0.25) is 0 Å². The Morgan fingerprint density at radius 2 is 1.47 bits per heavy atom. The molecule has 12 nitrogen and oxygen atoms in total. The van der Waals surface area contributed by atoms with Gasteiger partial charge >= 0.3 is 5.97 Å². The number of aliphatic hydroxyl groups excluding tert-OH is 2. The van der Waals surface area contributed by atoms with Crippen LogP contribution in [0.4, 0.5) is 0 Å². The smallest absolute Gasteiger partial charge is 0.305 e. The zero-order valence-electron chi connectivity index (χ0n) is 22.3. The van der Waals surface area contributed by atoms with Gasteiger partial charge in [0.2, 0.25) is 11.8 Å². The molecule has 2 atom stereocenters. The molecule has 12 heteroatoms. The van der Waals surface area contributed by atoms with E-state index in [0.717, 1.165) is 6.54 Å². The molecule has 0 heterocycles. The second-order valence-corrected chi connectivity index (χ2v) is 9.47. The van der Waals surface area contributed by atoms with Crippen molar-refractivity contribution in [2.75, 3.05) is 66.3 Å². The summed E-state index contributed by atoms with van der Waals surface area (Å²) in [4.78, 5) is 35.4. The Balaban J connectivity index is 3.71. The van der Waals surface area contributed by atoms with E-state index >= 15 is 0 Å². The fourth-order valence-electron chi connectivity index (χ4n) is 2.97. The minimum atomic E-state index is -1.33. The third-order valence-corrected chi connectivity index (χ3v) is 4.68. The summed E-state index contributed by atoms with van der Waals surface area (Å²) in [6.45, 7) is 8.53. The Hall–Kier alpha value is -1.83. The molecule has 0 radical (unpaired) electrons. The van der Waals surface area contributed by atoms with Crippen LogP contribution in [0.1, 0.15) is 52.9 Å². The van der Waals surface area contributed by atoms with Crippen LogP contribution in [0.15, 0.2) is 0 Å². The number of likely N-dealkylation sites (N-methyl/N-ethyl adjacent to an activating group) is 1. The molecule has 0 aliphatic heterocycles. The van der Waals surface area contributed by atoms with Crippen LogP contribution in [0.3, 0.4) is 0 Å². The van der Waals surface area contributed by atoms with E-state index in [0.29, 0.717) is 39.4 Å². The number of nitrogens with one attached hydrogen (secondary N) is 3. The van der Waals surface area contributed by atoms with Crippen molar-refractivity contribution in [3.63, 3.8) is 0 Å². The van der Waals surface area contributed by atoms with Crippen molar-refractivity contribution in [1.82, 2.24) is 16.0 Å².